The van der Waals surface area contributed by atoms with Crippen molar-refractivity contribution in [1.82, 2.24) is 24.4 Å². The first-order valence-electron chi connectivity index (χ1n) is 8.50. The molecule has 0 unspecified atom stereocenters. The zero-order chi connectivity index (χ0) is 18.4. The largest absolute Gasteiger partial charge is 0.365 e. The molecule has 0 radical (unpaired) electrons. The lowest BCUT2D eigenvalue weighted by Crippen LogP contribution is -2.47. The first-order valence-corrected chi connectivity index (χ1v) is 8.87. The van der Waals surface area contributed by atoms with Gasteiger partial charge < -0.3 is 9.80 Å². The Morgan fingerprint density at radius 1 is 1.04 bits per heavy atom. The van der Waals surface area contributed by atoms with E-state index in [1.165, 1.54) is 4.68 Å². The highest BCUT2D eigenvalue weighted by molar-refractivity contribution is 6.33. The molecular formula is C17H20ClN7O. The van der Waals surface area contributed by atoms with Crippen LogP contribution in [-0.2, 0) is 7.05 Å². The molecule has 0 bridgehead atoms. The van der Waals surface area contributed by atoms with Crippen LogP contribution in [0.5, 0.6) is 0 Å². The van der Waals surface area contributed by atoms with E-state index in [1.54, 1.807) is 13.2 Å². The summed E-state index contributed by atoms with van der Waals surface area (Å²) in [7, 11) is 1.60. The summed E-state index contributed by atoms with van der Waals surface area (Å²) >= 11 is 6.24. The Balaban J connectivity index is 1.60. The van der Waals surface area contributed by atoms with E-state index < -0.39 is 0 Å². The SMILES string of the molecule is Cc1cc(N2CCN(c3cnn(C)c(=O)c3Cl)CC2)n2nc(C)cc2n1. The van der Waals surface area contributed by atoms with Crippen molar-refractivity contribution in [3.05, 3.63) is 45.1 Å². The first kappa shape index (κ1) is 16.8. The molecule has 0 aliphatic carbocycles. The number of rotatable bonds is 2. The van der Waals surface area contributed by atoms with E-state index in [4.69, 9.17) is 11.6 Å². The second-order valence-corrected chi connectivity index (χ2v) is 6.94. The highest BCUT2D eigenvalue weighted by atomic mass is 35.5. The van der Waals surface area contributed by atoms with Gasteiger partial charge in [-0.15, -0.1) is 0 Å². The lowest BCUT2D eigenvalue weighted by Gasteiger charge is -2.37. The van der Waals surface area contributed by atoms with E-state index >= 15 is 0 Å². The van der Waals surface area contributed by atoms with Gasteiger partial charge in [0.1, 0.15) is 10.8 Å². The van der Waals surface area contributed by atoms with E-state index in [1.807, 2.05) is 24.4 Å². The third-order valence-corrected chi connectivity index (χ3v) is 5.02. The molecule has 0 saturated carbocycles. The van der Waals surface area contributed by atoms with Crippen LogP contribution in [0, 0.1) is 13.8 Å². The van der Waals surface area contributed by atoms with Crippen molar-refractivity contribution in [2.45, 2.75) is 13.8 Å². The molecule has 8 nitrogen and oxygen atoms in total. The number of hydrogen-bond donors (Lipinski definition) is 0. The lowest BCUT2D eigenvalue weighted by molar-refractivity contribution is 0.630. The van der Waals surface area contributed by atoms with Crippen LogP contribution in [0.1, 0.15) is 11.4 Å². The van der Waals surface area contributed by atoms with Gasteiger partial charge in [-0.25, -0.2) is 9.67 Å². The smallest absolute Gasteiger partial charge is 0.287 e. The summed E-state index contributed by atoms with van der Waals surface area (Å²) in [6, 6.07) is 4.04. The molecule has 26 heavy (non-hydrogen) atoms. The Labute approximate surface area is 155 Å². The summed E-state index contributed by atoms with van der Waals surface area (Å²) in [6.07, 6.45) is 1.66. The third kappa shape index (κ3) is 2.80. The molecule has 4 rings (SSSR count). The quantitative estimate of drug-likeness (QED) is 0.676. The second-order valence-electron chi connectivity index (χ2n) is 6.56. The van der Waals surface area contributed by atoms with Crippen LogP contribution in [0.25, 0.3) is 5.65 Å². The molecule has 0 aromatic carbocycles. The van der Waals surface area contributed by atoms with Gasteiger partial charge in [0.05, 0.1) is 17.6 Å². The molecule has 0 N–H and O–H groups in total. The van der Waals surface area contributed by atoms with Crippen molar-refractivity contribution < 1.29 is 0 Å². The number of anilines is 2. The van der Waals surface area contributed by atoms with Gasteiger partial charge >= 0.3 is 0 Å². The Bertz CT molecular complexity index is 1030. The number of halogens is 1. The molecule has 0 atom stereocenters. The van der Waals surface area contributed by atoms with Crippen LogP contribution in [-0.4, -0.2) is 50.6 Å². The molecule has 3 aromatic heterocycles. The standard InChI is InChI=1S/C17H20ClN7O/c1-11-9-15(25-14(20-11)8-12(2)21-25)24-6-4-23(5-7-24)13-10-19-22(3)17(26)16(13)18/h8-10H,4-7H2,1-3H3. The maximum absolute atomic E-state index is 12.0. The Kier molecular flexibility index (Phi) is 4.07. The molecule has 4 heterocycles. The Morgan fingerprint density at radius 3 is 2.46 bits per heavy atom. The molecule has 0 amide bonds. The zero-order valence-corrected chi connectivity index (χ0v) is 15.7. The summed E-state index contributed by atoms with van der Waals surface area (Å²) in [6.45, 7) is 7.05. The van der Waals surface area contributed by atoms with Gasteiger partial charge in [0.15, 0.2) is 5.65 Å². The van der Waals surface area contributed by atoms with E-state index in [0.717, 1.165) is 49.0 Å². The molecule has 1 fully saturated rings. The van der Waals surface area contributed by atoms with Crippen molar-refractivity contribution >= 4 is 28.8 Å². The van der Waals surface area contributed by atoms with Crippen LogP contribution in [0.15, 0.2) is 23.1 Å². The van der Waals surface area contributed by atoms with Gasteiger partial charge in [0, 0.05) is 51.1 Å². The Hall–Kier alpha value is -2.61. The Morgan fingerprint density at radius 2 is 1.73 bits per heavy atom. The predicted octanol–water partition coefficient (Wildman–Crippen LogP) is 1.42. The number of fused-ring (bicyclic) bond motifs is 1. The number of piperazine rings is 1. The van der Waals surface area contributed by atoms with Crippen LogP contribution in [0.4, 0.5) is 11.5 Å². The maximum Gasteiger partial charge on any atom is 0.287 e. The van der Waals surface area contributed by atoms with Gasteiger partial charge in [-0.1, -0.05) is 11.6 Å². The number of hydrogen-bond acceptors (Lipinski definition) is 6. The van der Waals surface area contributed by atoms with E-state index in [9.17, 15) is 4.79 Å². The minimum Gasteiger partial charge on any atom is -0.365 e. The summed E-state index contributed by atoms with van der Waals surface area (Å²) in [4.78, 5) is 21.0. The average molecular weight is 374 g/mol. The summed E-state index contributed by atoms with van der Waals surface area (Å²) < 4.78 is 3.14. The van der Waals surface area contributed by atoms with Gasteiger partial charge in [0.25, 0.3) is 5.56 Å². The number of aromatic nitrogens is 5. The van der Waals surface area contributed by atoms with Crippen LogP contribution in [0.2, 0.25) is 5.02 Å². The summed E-state index contributed by atoms with van der Waals surface area (Å²) in [5.74, 6) is 1.04. The van der Waals surface area contributed by atoms with Crippen molar-refractivity contribution in [3.63, 3.8) is 0 Å². The molecule has 1 aliphatic heterocycles. The number of aryl methyl sites for hydroxylation is 3. The van der Waals surface area contributed by atoms with E-state index in [2.05, 4.69) is 31.0 Å². The van der Waals surface area contributed by atoms with Crippen molar-refractivity contribution in [1.29, 1.82) is 0 Å². The van der Waals surface area contributed by atoms with Gasteiger partial charge in [0.2, 0.25) is 0 Å². The van der Waals surface area contributed by atoms with Gasteiger partial charge in [-0.05, 0) is 13.8 Å². The zero-order valence-electron chi connectivity index (χ0n) is 15.0. The van der Waals surface area contributed by atoms with Crippen LogP contribution < -0.4 is 15.4 Å². The molecule has 1 aliphatic rings. The van der Waals surface area contributed by atoms with Crippen LogP contribution in [0.3, 0.4) is 0 Å². The summed E-state index contributed by atoms with van der Waals surface area (Å²) in [5.41, 5.74) is 3.19. The van der Waals surface area contributed by atoms with Gasteiger partial charge in [-0.3, -0.25) is 4.79 Å². The molecule has 1 saturated heterocycles. The monoisotopic (exact) mass is 373 g/mol. The summed E-state index contributed by atoms with van der Waals surface area (Å²) in [5, 5.41) is 8.88. The minimum atomic E-state index is -0.273. The highest BCUT2D eigenvalue weighted by Crippen LogP contribution is 2.25. The second kappa shape index (κ2) is 6.28. The molecule has 136 valence electrons. The molecule has 9 heteroatoms. The van der Waals surface area contributed by atoms with Crippen LogP contribution >= 0.6 is 11.6 Å². The minimum absolute atomic E-state index is 0.223. The maximum atomic E-state index is 12.0. The van der Waals surface area contributed by atoms with Crippen molar-refractivity contribution in [3.8, 4) is 0 Å². The molecular weight excluding hydrogens is 354 g/mol. The number of nitrogens with zero attached hydrogens (tertiary/aromatic N) is 7. The first-order chi connectivity index (χ1) is 12.4. The average Bonchev–Trinajstić information content (AvgIpc) is 2.99. The normalized spacial score (nSPS) is 15.1. The molecule has 0 spiro atoms. The van der Waals surface area contributed by atoms with Crippen molar-refractivity contribution in [2.24, 2.45) is 7.05 Å². The topological polar surface area (TPSA) is 71.6 Å². The molecule has 3 aromatic rings. The van der Waals surface area contributed by atoms with E-state index in [0.29, 0.717) is 5.69 Å². The fourth-order valence-corrected chi connectivity index (χ4v) is 3.61. The third-order valence-electron chi connectivity index (χ3n) is 4.66. The highest BCUT2D eigenvalue weighted by Gasteiger charge is 2.23. The van der Waals surface area contributed by atoms with E-state index in [-0.39, 0.29) is 10.6 Å². The fourth-order valence-electron chi connectivity index (χ4n) is 3.32. The fraction of sp³-hybridized carbons (Fsp3) is 0.412. The van der Waals surface area contributed by atoms with Gasteiger partial charge in [-0.2, -0.15) is 14.7 Å². The lowest BCUT2D eigenvalue weighted by atomic mass is 10.2. The predicted molar refractivity (Wildman–Crippen MR) is 101 cm³/mol. The van der Waals surface area contributed by atoms with Crippen molar-refractivity contribution in [2.75, 3.05) is 36.0 Å².